The number of nitrogens with zero attached hydrogens (tertiary/aromatic N) is 2. The van der Waals surface area contributed by atoms with Gasteiger partial charge in [0.05, 0.1) is 6.42 Å². The van der Waals surface area contributed by atoms with Crippen molar-refractivity contribution < 1.29 is 4.52 Å². The first-order chi connectivity index (χ1) is 9.70. The smallest absolute Gasteiger partial charge is 0.231 e. The molecule has 0 saturated heterocycles. The van der Waals surface area contributed by atoms with E-state index in [1.54, 1.807) is 0 Å². The van der Waals surface area contributed by atoms with Crippen LogP contribution in [0.25, 0.3) is 0 Å². The Morgan fingerprint density at radius 3 is 2.55 bits per heavy atom. The lowest BCUT2D eigenvalue weighted by atomic mass is 9.83. The SMILES string of the molecule is CC1CCC(c2noc(Cc3ccc(N)cc3)n2)CC1. The number of nitrogens with two attached hydrogens (primary N) is 1. The zero-order valence-corrected chi connectivity index (χ0v) is 11.9. The van der Waals surface area contributed by atoms with Gasteiger partial charge in [-0.15, -0.1) is 0 Å². The van der Waals surface area contributed by atoms with E-state index < -0.39 is 0 Å². The van der Waals surface area contributed by atoms with E-state index in [0.717, 1.165) is 23.0 Å². The first-order valence-electron chi connectivity index (χ1n) is 7.37. The molecule has 4 heteroatoms. The van der Waals surface area contributed by atoms with Gasteiger partial charge in [-0.2, -0.15) is 4.98 Å². The Balaban J connectivity index is 1.66. The molecule has 0 unspecified atom stereocenters. The summed E-state index contributed by atoms with van der Waals surface area (Å²) in [4.78, 5) is 4.57. The molecule has 1 aromatic carbocycles. The summed E-state index contributed by atoms with van der Waals surface area (Å²) >= 11 is 0. The van der Waals surface area contributed by atoms with Crippen LogP contribution >= 0.6 is 0 Å². The number of hydrogen-bond donors (Lipinski definition) is 1. The van der Waals surface area contributed by atoms with Crippen molar-refractivity contribution in [3.63, 3.8) is 0 Å². The highest BCUT2D eigenvalue weighted by Crippen LogP contribution is 2.34. The largest absolute Gasteiger partial charge is 0.399 e. The van der Waals surface area contributed by atoms with Gasteiger partial charge in [0, 0.05) is 11.6 Å². The summed E-state index contributed by atoms with van der Waals surface area (Å²) in [5.74, 6) is 2.91. The first kappa shape index (κ1) is 13.2. The van der Waals surface area contributed by atoms with Crippen molar-refractivity contribution in [3.05, 3.63) is 41.5 Å². The standard InChI is InChI=1S/C16H21N3O/c1-11-2-6-13(7-3-11)16-18-15(20-19-16)10-12-4-8-14(17)9-5-12/h4-5,8-9,11,13H,2-3,6-7,10,17H2,1H3. The van der Waals surface area contributed by atoms with Crippen molar-refractivity contribution in [3.8, 4) is 0 Å². The van der Waals surface area contributed by atoms with Crippen molar-refractivity contribution in [2.75, 3.05) is 5.73 Å². The second kappa shape index (κ2) is 5.65. The van der Waals surface area contributed by atoms with E-state index in [1.165, 1.54) is 25.7 Å². The molecule has 106 valence electrons. The van der Waals surface area contributed by atoms with E-state index in [4.69, 9.17) is 10.3 Å². The molecule has 1 aliphatic carbocycles. The number of nitrogen functional groups attached to an aromatic ring is 1. The minimum Gasteiger partial charge on any atom is -0.399 e. The van der Waals surface area contributed by atoms with Gasteiger partial charge >= 0.3 is 0 Å². The van der Waals surface area contributed by atoms with Crippen LogP contribution in [0.2, 0.25) is 0 Å². The molecular formula is C16H21N3O. The predicted molar refractivity (Wildman–Crippen MR) is 78.3 cm³/mol. The monoisotopic (exact) mass is 271 g/mol. The molecule has 0 radical (unpaired) electrons. The highest BCUT2D eigenvalue weighted by molar-refractivity contribution is 5.39. The van der Waals surface area contributed by atoms with Crippen LogP contribution in [-0.4, -0.2) is 10.1 Å². The molecule has 0 atom stereocenters. The fourth-order valence-electron chi connectivity index (χ4n) is 2.83. The quantitative estimate of drug-likeness (QED) is 0.867. The minimum absolute atomic E-state index is 0.482. The van der Waals surface area contributed by atoms with Crippen LogP contribution in [0.1, 0.15) is 55.8 Å². The van der Waals surface area contributed by atoms with Crippen LogP contribution in [0.15, 0.2) is 28.8 Å². The summed E-state index contributed by atoms with van der Waals surface area (Å²) in [5.41, 5.74) is 7.60. The summed E-state index contributed by atoms with van der Waals surface area (Å²) in [6.45, 7) is 2.32. The second-order valence-corrected chi connectivity index (χ2v) is 5.92. The summed E-state index contributed by atoms with van der Waals surface area (Å²) in [5, 5.41) is 4.17. The van der Waals surface area contributed by atoms with E-state index in [1.807, 2.05) is 24.3 Å². The van der Waals surface area contributed by atoms with Gasteiger partial charge in [0.2, 0.25) is 5.89 Å². The highest BCUT2D eigenvalue weighted by atomic mass is 16.5. The minimum atomic E-state index is 0.482. The van der Waals surface area contributed by atoms with Gasteiger partial charge in [0.15, 0.2) is 5.82 Å². The normalized spacial score (nSPS) is 22.9. The van der Waals surface area contributed by atoms with Crippen molar-refractivity contribution in [1.29, 1.82) is 0 Å². The maximum Gasteiger partial charge on any atom is 0.231 e. The Kier molecular flexibility index (Phi) is 3.72. The highest BCUT2D eigenvalue weighted by Gasteiger charge is 2.23. The van der Waals surface area contributed by atoms with Gasteiger partial charge in [0.1, 0.15) is 0 Å². The van der Waals surface area contributed by atoms with Crippen LogP contribution in [0.4, 0.5) is 5.69 Å². The Hall–Kier alpha value is -1.84. The number of anilines is 1. The predicted octanol–water partition coefficient (Wildman–Crippen LogP) is 3.54. The molecule has 4 nitrogen and oxygen atoms in total. The molecule has 0 bridgehead atoms. The van der Waals surface area contributed by atoms with E-state index >= 15 is 0 Å². The number of aromatic nitrogens is 2. The lowest BCUT2D eigenvalue weighted by Crippen LogP contribution is -2.12. The Morgan fingerprint density at radius 1 is 1.15 bits per heavy atom. The Labute approximate surface area is 119 Å². The van der Waals surface area contributed by atoms with E-state index in [9.17, 15) is 0 Å². The van der Waals surface area contributed by atoms with Gasteiger partial charge in [-0.3, -0.25) is 0 Å². The molecule has 1 fully saturated rings. The van der Waals surface area contributed by atoms with Crippen LogP contribution in [0.3, 0.4) is 0 Å². The van der Waals surface area contributed by atoms with Crippen LogP contribution in [0, 0.1) is 5.92 Å². The van der Waals surface area contributed by atoms with Crippen LogP contribution < -0.4 is 5.73 Å². The molecule has 2 aromatic rings. The summed E-state index contributed by atoms with van der Waals surface area (Å²) in [6, 6.07) is 7.80. The van der Waals surface area contributed by atoms with Crippen LogP contribution in [-0.2, 0) is 6.42 Å². The third kappa shape index (κ3) is 3.00. The third-order valence-corrected chi connectivity index (χ3v) is 4.20. The molecular weight excluding hydrogens is 250 g/mol. The third-order valence-electron chi connectivity index (χ3n) is 4.20. The zero-order chi connectivity index (χ0) is 13.9. The molecule has 1 saturated carbocycles. The Morgan fingerprint density at radius 2 is 1.85 bits per heavy atom. The molecule has 1 heterocycles. The van der Waals surface area contributed by atoms with E-state index in [-0.39, 0.29) is 0 Å². The van der Waals surface area contributed by atoms with Gasteiger partial charge in [-0.1, -0.05) is 37.1 Å². The molecule has 0 spiro atoms. The average molecular weight is 271 g/mol. The van der Waals surface area contributed by atoms with E-state index in [2.05, 4.69) is 17.1 Å². The fourth-order valence-corrected chi connectivity index (χ4v) is 2.83. The molecule has 0 amide bonds. The summed E-state index contributed by atoms with van der Waals surface area (Å²) in [6.07, 6.45) is 5.58. The Bertz CT molecular complexity index is 553. The average Bonchev–Trinajstić information content (AvgIpc) is 2.91. The molecule has 1 aromatic heterocycles. The zero-order valence-electron chi connectivity index (χ0n) is 11.9. The molecule has 20 heavy (non-hydrogen) atoms. The molecule has 1 aliphatic rings. The molecule has 3 rings (SSSR count). The molecule has 0 aliphatic heterocycles. The van der Waals surface area contributed by atoms with Gasteiger partial charge in [-0.05, 0) is 36.5 Å². The molecule has 2 N–H and O–H groups in total. The van der Waals surface area contributed by atoms with Gasteiger partial charge in [-0.25, -0.2) is 0 Å². The number of rotatable bonds is 3. The van der Waals surface area contributed by atoms with E-state index in [0.29, 0.717) is 18.2 Å². The number of hydrogen-bond acceptors (Lipinski definition) is 4. The maximum atomic E-state index is 5.68. The summed E-state index contributed by atoms with van der Waals surface area (Å²) < 4.78 is 5.39. The van der Waals surface area contributed by atoms with Crippen LogP contribution in [0.5, 0.6) is 0 Å². The lowest BCUT2D eigenvalue weighted by molar-refractivity contribution is 0.324. The topological polar surface area (TPSA) is 64.9 Å². The van der Waals surface area contributed by atoms with Crippen molar-refractivity contribution in [1.82, 2.24) is 10.1 Å². The van der Waals surface area contributed by atoms with Crippen molar-refractivity contribution in [2.24, 2.45) is 5.92 Å². The fraction of sp³-hybridized carbons (Fsp3) is 0.500. The van der Waals surface area contributed by atoms with Gasteiger partial charge < -0.3 is 10.3 Å². The summed E-state index contributed by atoms with van der Waals surface area (Å²) in [7, 11) is 0. The van der Waals surface area contributed by atoms with Crippen molar-refractivity contribution >= 4 is 5.69 Å². The lowest BCUT2D eigenvalue weighted by Gasteiger charge is -2.23. The maximum absolute atomic E-state index is 5.68. The first-order valence-corrected chi connectivity index (χ1v) is 7.37. The van der Waals surface area contributed by atoms with Gasteiger partial charge in [0.25, 0.3) is 0 Å². The number of benzene rings is 1. The van der Waals surface area contributed by atoms with Crippen molar-refractivity contribution in [2.45, 2.75) is 44.9 Å². The second-order valence-electron chi connectivity index (χ2n) is 5.92.